The van der Waals surface area contributed by atoms with Crippen molar-refractivity contribution in [3.63, 3.8) is 0 Å². The van der Waals surface area contributed by atoms with Gasteiger partial charge in [0.25, 0.3) is 0 Å². The Morgan fingerprint density at radius 3 is 2.45 bits per heavy atom. The van der Waals surface area contributed by atoms with Gasteiger partial charge in [0.15, 0.2) is 0 Å². The SMILES string of the molecule is Cc1ccc(N(CCCl)CCCl)cc1CCCC(=O)O. The van der Waals surface area contributed by atoms with E-state index in [1.54, 1.807) is 0 Å². The highest BCUT2D eigenvalue weighted by molar-refractivity contribution is 6.18. The maximum absolute atomic E-state index is 10.6. The maximum Gasteiger partial charge on any atom is 0.303 e. The molecule has 20 heavy (non-hydrogen) atoms. The van der Waals surface area contributed by atoms with Gasteiger partial charge >= 0.3 is 5.97 Å². The number of benzene rings is 1. The van der Waals surface area contributed by atoms with Crippen molar-refractivity contribution in [2.45, 2.75) is 26.2 Å². The number of hydrogen-bond acceptors (Lipinski definition) is 2. The van der Waals surface area contributed by atoms with E-state index in [4.69, 9.17) is 28.3 Å². The monoisotopic (exact) mass is 317 g/mol. The van der Waals surface area contributed by atoms with Gasteiger partial charge in [0.2, 0.25) is 0 Å². The number of anilines is 1. The molecule has 112 valence electrons. The number of rotatable bonds is 9. The average Bonchev–Trinajstić information content (AvgIpc) is 2.40. The lowest BCUT2D eigenvalue weighted by Gasteiger charge is -2.24. The van der Waals surface area contributed by atoms with Crippen LogP contribution in [-0.4, -0.2) is 35.9 Å². The number of carboxylic acids is 1. The molecular formula is C15H21Cl2NO2. The molecule has 0 saturated carbocycles. The van der Waals surface area contributed by atoms with Gasteiger partial charge in [-0.3, -0.25) is 4.79 Å². The minimum atomic E-state index is -0.746. The predicted octanol–water partition coefficient (Wildman–Crippen LogP) is 3.69. The van der Waals surface area contributed by atoms with Gasteiger partial charge in [0, 0.05) is 37.0 Å². The number of aryl methyl sites for hydroxylation is 2. The average molecular weight is 318 g/mol. The summed E-state index contributed by atoms with van der Waals surface area (Å²) in [6.45, 7) is 3.56. The van der Waals surface area contributed by atoms with Crippen molar-refractivity contribution in [3.05, 3.63) is 29.3 Å². The van der Waals surface area contributed by atoms with Crippen LogP contribution in [0.3, 0.4) is 0 Å². The van der Waals surface area contributed by atoms with Gasteiger partial charge in [-0.1, -0.05) is 6.07 Å². The Morgan fingerprint density at radius 2 is 1.90 bits per heavy atom. The van der Waals surface area contributed by atoms with Crippen LogP contribution in [-0.2, 0) is 11.2 Å². The number of nitrogens with zero attached hydrogens (tertiary/aromatic N) is 1. The summed E-state index contributed by atoms with van der Waals surface area (Å²) >= 11 is 11.6. The lowest BCUT2D eigenvalue weighted by molar-refractivity contribution is -0.137. The molecule has 0 aliphatic rings. The molecule has 0 atom stereocenters. The lowest BCUT2D eigenvalue weighted by atomic mass is 10.0. The zero-order valence-electron chi connectivity index (χ0n) is 11.7. The fourth-order valence-electron chi connectivity index (χ4n) is 2.13. The molecule has 0 aliphatic carbocycles. The number of halogens is 2. The van der Waals surface area contributed by atoms with Crippen LogP contribution in [0.4, 0.5) is 5.69 Å². The Hall–Kier alpha value is -0.930. The number of carboxylic acid groups (broad SMARTS) is 1. The second kappa shape index (κ2) is 9.09. The number of hydrogen-bond donors (Lipinski definition) is 1. The minimum absolute atomic E-state index is 0.205. The molecule has 3 nitrogen and oxygen atoms in total. The molecule has 1 N–H and O–H groups in total. The van der Waals surface area contributed by atoms with Crippen molar-refractivity contribution in [2.75, 3.05) is 29.7 Å². The zero-order chi connectivity index (χ0) is 15.0. The summed E-state index contributed by atoms with van der Waals surface area (Å²) in [5.41, 5.74) is 3.48. The maximum atomic E-state index is 10.6. The number of carbonyl (C=O) groups is 1. The van der Waals surface area contributed by atoms with E-state index in [0.717, 1.165) is 25.2 Å². The fraction of sp³-hybridized carbons (Fsp3) is 0.533. The third kappa shape index (κ3) is 5.59. The van der Waals surface area contributed by atoms with Crippen LogP contribution in [0.2, 0.25) is 0 Å². The normalized spacial score (nSPS) is 10.6. The van der Waals surface area contributed by atoms with E-state index in [2.05, 4.69) is 23.1 Å². The summed E-state index contributed by atoms with van der Waals surface area (Å²) in [5, 5.41) is 8.71. The van der Waals surface area contributed by atoms with Gasteiger partial charge in [-0.05, 0) is 43.0 Å². The third-order valence-electron chi connectivity index (χ3n) is 3.24. The largest absolute Gasteiger partial charge is 0.481 e. The number of aliphatic carboxylic acids is 1. The molecule has 0 radical (unpaired) electrons. The van der Waals surface area contributed by atoms with Crippen LogP contribution in [0.1, 0.15) is 24.0 Å². The highest BCUT2D eigenvalue weighted by Gasteiger charge is 2.08. The quantitative estimate of drug-likeness (QED) is 0.706. The van der Waals surface area contributed by atoms with Gasteiger partial charge in [-0.15, -0.1) is 23.2 Å². The molecule has 0 aliphatic heterocycles. The first-order chi connectivity index (χ1) is 9.58. The second-order valence-electron chi connectivity index (χ2n) is 4.72. The molecular weight excluding hydrogens is 297 g/mol. The summed E-state index contributed by atoms with van der Waals surface area (Å²) in [5.74, 6) is 0.364. The van der Waals surface area contributed by atoms with Crippen LogP contribution in [0, 0.1) is 6.92 Å². The predicted molar refractivity (Wildman–Crippen MR) is 85.4 cm³/mol. The molecule has 0 heterocycles. The van der Waals surface area contributed by atoms with Crippen molar-refractivity contribution in [2.24, 2.45) is 0 Å². The van der Waals surface area contributed by atoms with Crippen LogP contribution < -0.4 is 4.90 Å². The highest BCUT2D eigenvalue weighted by atomic mass is 35.5. The molecule has 0 spiro atoms. The summed E-state index contributed by atoms with van der Waals surface area (Å²) < 4.78 is 0. The van der Waals surface area contributed by atoms with Crippen LogP contribution in [0.5, 0.6) is 0 Å². The molecule has 0 bridgehead atoms. The van der Waals surface area contributed by atoms with Crippen LogP contribution >= 0.6 is 23.2 Å². The summed E-state index contributed by atoms with van der Waals surface area (Å²) in [6, 6.07) is 6.26. The van der Waals surface area contributed by atoms with Crippen LogP contribution in [0.15, 0.2) is 18.2 Å². The lowest BCUT2D eigenvalue weighted by Crippen LogP contribution is -2.27. The van der Waals surface area contributed by atoms with Crippen molar-refractivity contribution in [3.8, 4) is 0 Å². The molecule has 0 aromatic heterocycles. The van der Waals surface area contributed by atoms with Crippen molar-refractivity contribution < 1.29 is 9.90 Å². The van der Waals surface area contributed by atoms with E-state index in [1.807, 2.05) is 6.92 Å². The molecule has 0 saturated heterocycles. The summed E-state index contributed by atoms with van der Waals surface area (Å²) in [4.78, 5) is 12.7. The molecule has 5 heteroatoms. The Morgan fingerprint density at radius 1 is 1.25 bits per heavy atom. The van der Waals surface area contributed by atoms with E-state index >= 15 is 0 Å². The Kier molecular flexibility index (Phi) is 7.78. The van der Waals surface area contributed by atoms with Gasteiger partial charge in [-0.2, -0.15) is 0 Å². The van der Waals surface area contributed by atoms with E-state index in [9.17, 15) is 4.79 Å². The van der Waals surface area contributed by atoms with Gasteiger partial charge in [-0.25, -0.2) is 0 Å². The van der Waals surface area contributed by atoms with Crippen molar-refractivity contribution >= 4 is 34.9 Å². The summed E-state index contributed by atoms with van der Waals surface area (Å²) in [6.07, 6.45) is 1.64. The third-order valence-corrected chi connectivity index (χ3v) is 3.58. The first kappa shape index (κ1) is 17.1. The number of alkyl halides is 2. The van der Waals surface area contributed by atoms with Crippen molar-refractivity contribution in [1.29, 1.82) is 0 Å². The van der Waals surface area contributed by atoms with E-state index < -0.39 is 5.97 Å². The Bertz CT molecular complexity index is 432. The smallest absolute Gasteiger partial charge is 0.303 e. The Balaban J connectivity index is 2.79. The fourth-order valence-corrected chi connectivity index (χ4v) is 2.54. The summed E-state index contributed by atoms with van der Waals surface area (Å²) in [7, 11) is 0. The minimum Gasteiger partial charge on any atom is -0.481 e. The Labute approximate surface area is 130 Å². The van der Waals surface area contributed by atoms with E-state index in [-0.39, 0.29) is 6.42 Å². The van der Waals surface area contributed by atoms with Gasteiger partial charge in [0.05, 0.1) is 0 Å². The van der Waals surface area contributed by atoms with Crippen LogP contribution in [0.25, 0.3) is 0 Å². The molecule has 1 rings (SSSR count). The molecule has 1 aromatic rings. The molecule has 0 fully saturated rings. The van der Waals surface area contributed by atoms with E-state index in [1.165, 1.54) is 11.1 Å². The molecule has 1 aromatic carbocycles. The molecule has 0 amide bonds. The first-order valence-corrected chi connectivity index (χ1v) is 7.83. The standard InChI is InChI=1S/C15H21Cl2NO2/c1-12-5-6-14(18(9-7-16)10-8-17)11-13(12)3-2-4-15(19)20/h5-6,11H,2-4,7-10H2,1H3,(H,19,20). The first-order valence-electron chi connectivity index (χ1n) is 6.76. The molecule has 0 unspecified atom stereocenters. The van der Waals surface area contributed by atoms with Crippen molar-refractivity contribution in [1.82, 2.24) is 0 Å². The van der Waals surface area contributed by atoms with E-state index in [0.29, 0.717) is 18.2 Å². The highest BCUT2D eigenvalue weighted by Crippen LogP contribution is 2.21. The van der Waals surface area contributed by atoms with Gasteiger partial charge in [0.1, 0.15) is 0 Å². The zero-order valence-corrected chi connectivity index (χ0v) is 13.3. The van der Waals surface area contributed by atoms with Gasteiger partial charge < -0.3 is 10.0 Å². The topological polar surface area (TPSA) is 40.5 Å². The second-order valence-corrected chi connectivity index (χ2v) is 5.48.